The van der Waals surface area contributed by atoms with Crippen molar-refractivity contribution >= 4 is 11.9 Å². The van der Waals surface area contributed by atoms with Gasteiger partial charge >= 0.3 is 29.8 Å². The topological polar surface area (TPSA) is 61.8 Å². The number of hydrogen-bond acceptors (Lipinski definition) is 5. The zero-order valence-corrected chi connectivity index (χ0v) is 16.3. The molecule has 0 N–H and O–H groups in total. The summed E-state index contributed by atoms with van der Waals surface area (Å²) in [4.78, 5) is 24.1. The van der Waals surface area contributed by atoms with Crippen LogP contribution >= 0.6 is 0 Å². The minimum atomic E-state index is -5.78. The van der Waals surface area contributed by atoms with Crippen LogP contribution in [0.1, 0.15) is 54.9 Å². The van der Waals surface area contributed by atoms with Gasteiger partial charge in [0.1, 0.15) is 0 Å². The first kappa shape index (κ1) is 23.6. The van der Waals surface area contributed by atoms with Crippen LogP contribution in [0.15, 0.2) is 0 Å². The molecule has 158 valence electrons. The molecule has 0 spiro atoms. The molecule has 1 rings (SSSR count). The maximum Gasteiger partial charge on any atom is 0.462 e. The van der Waals surface area contributed by atoms with Crippen LogP contribution in [-0.2, 0) is 23.8 Å². The Morgan fingerprint density at radius 3 is 1.85 bits per heavy atom. The molecule has 0 aliphatic carbocycles. The molecule has 0 aromatic heterocycles. The van der Waals surface area contributed by atoms with E-state index in [9.17, 15) is 22.8 Å². The van der Waals surface area contributed by atoms with Crippen LogP contribution in [-0.4, -0.2) is 42.0 Å². The largest absolute Gasteiger partial charge is 0.462 e. The summed E-state index contributed by atoms with van der Waals surface area (Å²) in [6, 6.07) is 0. The molecule has 1 saturated heterocycles. The molecule has 0 bridgehead atoms. The summed E-state index contributed by atoms with van der Waals surface area (Å²) in [6.45, 7) is 7.34. The van der Waals surface area contributed by atoms with E-state index in [-0.39, 0.29) is 6.42 Å². The van der Waals surface area contributed by atoms with Crippen LogP contribution in [0.25, 0.3) is 0 Å². The molecule has 1 aliphatic heterocycles. The standard InChI is InChI=1S/C17H25F5O5/c1-8-13(5,6)11(24)26-14(7)9-25-16(15(14,18)19,17(20,21)22)27-10(23)12(2,3)4/h8-9H2,1-7H3. The first-order valence-electron chi connectivity index (χ1n) is 8.33. The lowest BCUT2D eigenvalue weighted by Gasteiger charge is -2.39. The minimum absolute atomic E-state index is 0.206. The van der Waals surface area contributed by atoms with E-state index in [0.29, 0.717) is 6.92 Å². The van der Waals surface area contributed by atoms with Crippen molar-refractivity contribution in [1.82, 2.24) is 0 Å². The fraction of sp³-hybridized carbons (Fsp3) is 0.882. The molecule has 1 heterocycles. The van der Waals surface area contributed by atoms with Crippen LogP contribution in [0.2, 0.25) is 0 Å². The number of carbonyl (C=O) groups excluding carboxylic acids is 2. The van der Waals surface area contributed by atoms with Crippen molar-refractivity contribution in [3.8, 4) is 0 Å². The van der Waals surface area contributed by atoms with E-state index in [1.165, 1.54) is 34.6 Å². The smallest absolute Gasteiger partial charge is 0.450 e. The zero-order valence-electron chi connectivity index (χ0n) is 16.3. The monoisotopic (exact) mass is 404 g/mol. The van der Waals surface area contributed by atoms with Crippen molar-refractivity contribution in [2.75, 3.05) is 6.61 Å². The molecule has 0 saturated carbocycles. The Balaban J connectivity index is 3.39. The molecular formula is C17H25F5O5. The Hall–Kier alpha value is -1.45. The minimum Gasteiger partial charge on any atom is -0.450 e. The molecule has 0 aromatic carbocycles. The van der Waals surface area contributed by atoms with Gasteiger partial charge in [-0.05, 0) is 48.0 Å². The second kappa shape index (κ2) is 6.56. The van der Waals surface area contributed by atoms with E-state index in [4.69, 9.17) is 4.74 Å². The molecule has 2 atom stereocenters. The average molecular weight is 404 g/mol. The Morgan fingerprint density at radius 1 is 1.00 bits per heavy atom. The number of ether oxygens (including phenoxy) is 3. The Morgan fingerprint density at radius 2 is 1.48 bits per heavy atom. The highest BCUT2D eigenvalue weighted by Gasteiger charge is 2.86. The van der Waals surface area contributed by atoms with Crippen LogP contribution in [0.5, 0.6) is 0 Å². The molecule has 0 radical (unpaired) electrons. The predicted molar refractivity (Wildman–Crippen MR) is 83.8 cm³/mol. The first-order chi connectivity index (χ1) is 11.8. The zero-order chi connectivity index (χ0) is 21.7. The quantitative estimate of drug-likeness (QED) is 0.518. The molecule has 1 aliphatic rings. The molecule has 10 heteroatoms. The van der Waals surface area contributed by atoms with Crippen molar-refractivity contribution in [2.24, 2.45) is 10.8 Å². The Kier molecular flexibility index (Phi) is 5.73. The van der Waals surface area contributed by atoms with E-state index in [1.54, 1.807) is 6.92 Å². The summed E-state index contributed by atoms with van der Waals surface area (Å²) in [7, 11) is 0. The third kappa shape index (κ3) is 3.77. The normalized spacial score (nSPS) is 28.7. The fourth-order valence-electron chi connectivity index (χ4n) is 2.04. The summed E-state index contributed by atoms with van der Waals surface area (Å²) in [5, 5.41) is 0. The van der Waals surface area contributed by atoms with Gasteiger partial charge in [0.15, 0.2) is 0 Å². The van der Waals surface area contributed by atoms with Gasteiger partial charge in [-0.1, -0.05) is 6.92 Å². The Bertz CT molecular complexity index is 608. The lowest BCUT2D eigenvalue weighted by atomic mass is 9.89. The highest BCUT2D eigenvalue weighted by atomic mass is 19.4. The molecule has 0 amide bonds. The predicted octanol–water partition coefficient (Wildman–Crippen LogP) is 4.24. The first-order valence-corrected chi connectivity index (χ1v) is 8.33. The fourth-order valence-corrected chi connectivity index (χ4v) is 2.04. The molecular weight excluding hydrogens is 379 g/mol. The van der Waals surface area contributed by atoms with E-state index in [2.05, 4.69) is 9.47 Å². The highest BCUT2D eigenvalue weighted by Crippen LogP contribution is 2.57. The van der Waals surface area contributed by atoms with Gasteiger partial charge in [0, 0.05) is 0 Å². The number of alkyl halides is 5. The molecule has 0 aromatic rings. The summed E-state index contributed by atoms with van der Waals surface area (Å²) in [5.41, 5.74) is -5.69. The van der Waals surface area contributed by atoms with Crippen molar-refractivity contribution in [2.45, 2.75) is 78.4 Å². The SMILES string of the molecule is CCC(C)(C)C(=O)OC1(C)COC(OC(=O)C(C)(C)C)(C(F)(F)F)C1(F)F. The highest BCUT2D eigenvalue weighted by molar-refractivity contribution is 5.77. The number of rotatable bonds is 4. The van der Waals surface area contributed by atoms with E-state index in [0.717, 1.165) is 0 Å². The van der Waals surface area contributed by atoms with Crippen LogP contribution in [0, 0.1) is 10.8 Å². The lowest BCUT2D eigenvalue weighted by molar-refractivity contribution is -0.411. The summed E-state index contributed by atoms with van der Waals surface area (Å²) in [6.07, 6.45) is -5.57. The van der Waals surface area contributed by atoms with Crippen molar-refractivity contribution < 1.29 is 45.8 Å². The number of carbonyl (C=O) groups is 2. The van der Waals surface area contributed by atoms with Gasteiger partial charge in [-0.3, -0.25) is 9.59 Å². The second-order valence-corrected chi connectivity index (χ2v) is 8.47. The van der Waals surface area contributed by atoms with Crippen molar-refractivity contribution in [3.05, 3.63) is 0 Å². The maximum atomic E-state index is 15.0. The van der Waals surface area contributed by atoms with Gasteiger partial charge in [-0.2, -0.15) is 22.0 Å². The number of hydrogen-bond donors (Lipinski definition) is 0. The van der Waals surface area contributed by atoms with Gasteiger partial charge in [0.05, 0.1) is 17.4 Å². The van der Waals surface area contributed by atoms with Gasteiger partial charge in [-0.15, -0.1) is 0 Å². The van der Waals surface area contributed by atoms with Crippen molar-refractivity contribution in [3.63, 3.8) is 0 Å². The molecule has 2 unspecified atom stereocenters. The van der Waals surface area contributed by atoms with Gasteiger partial charge in [0.2, 0.25) is 5.60 Å². The number of halogens is 5. The third-order valence-corrected chi connectivity index (χ3v) is 4.60. The Labute approximate surface area is 154 Å². The van der Waals surface area contributed by atoms with E-state index < -0.39 is 52.9 Å². The van der Waals surface area contributed by atoms with Gasteiger partial charge < -0.3 is 14.2 Å². The van der Waals surface area contributed by atoms with Crippen LogP contribution in [0.4, 0.5) is 22.0 Å². The second-order valence-electron chi connectivity index (χ2n) is 8.47. The summed E-state index contributed by atoms with van der Waals surface area (Å²) < 4.78 is 84.2. The van der Waals surface area contributed by atoms with E-state index in [1.807, 2.05) is 0 Å². The van der Waals surface area contributed by atoms with Crippen LogP contribution in [0.3, 0.4) is 0 Å². The maximum absolute atomic E-state index is 15.0. The van der Waals surface area contributed by atoms with Gasteiger partial charge in [-0.25, -0.2) is 0 Å². The molecule has 1 fully saturated rings. The number of esters is 2. The molecule has 27 heavy (non-hydrogen) atoms. The van der Waals surface area contributed by atoms with Gasteiger partial charge in [0.25, 0.3) is 0 Å². The lowest BCUT2D eigenvalue weighted by Crippen LogP contribution is -2.66. The van der Waals surface area contributed by atoms with E-state index >= 15 is 8.78 Å². The van der Waals surface area contributed by atoms with Crippen LogP contribution < -0.4 is 0 Å². The summed E-state index contributed by atoms with van der Waals surface area (Å²) >= 11 is 0. The summed E-state index contributed by atoms with van der Waals surface area (Å²) in [5.74, 6) is -12.1. The molecule has 5 nitrogen and oxygen atoms in total. The average Bonchev–Trinajstić information content (AvgIpc) is 2.67. The third-order valence-electron chi connectivity index (χ3n) is 4.60. The van der Waals surface area contributed by atoms with Crippen molar-refractivity contribution in [1.29, 1.82) is 0 Å².